The molecule has 1 aliphatic heterocycles. The normalized spacial score (nSPS) is 11.0. The van der Waals surface area contributed by atoms with Crippen LogP contribution in [0.3, 0.4) is 0 Å². The summed E-state index contributed by atoms with van der Waals surface area (Å²) in [6.07, 6.45) is 6.08. The Morgan fingerprint density at radius 1 is 0.843 bits per heavy atom. The summed E-state index contributed by atoms with van der Waals surface area (Å²) in [5, 5.41) is 15.0. The van der Waals surface area contributed by atoms with Crippen molar-refractivity contribution in [2.45, 2.75) is 65.5 Å². The maximum absolute atomic E-state index is 13.1. The Hall–Kier alpha value is -0.293. The van der Waals surface area contributed by atoms with E-state index in [9.17, 15) is 18.0 Å². The molecule has 1 aliphatic rings. The van der Waals surface area contributed by atoms with Gasteiger partial charge < -0.3 is 15.2 Å². The maximum atomic E-state index is 13.1. The fourth-order valence-electron chi connectivity index (χ4n) is 3.36. The molecule has 3 aromatic rings. The van der Waals surface area contributed by atoms with E-state index in [0.29, 0.717) is 52.6 Å². The predicted molar refractivity (Wildman–Crippen MR) is 220 cm³/mol. The van der Waals surface area contributed by atoms with Crippen LogP contribution in [0.2, 0.25) is 15.1 Å². The predicted octanol–water partition coefficient (Wildman–Crippen LogP) is 11.6. The first-order chi connectivity index (χ1) is 23.4. The largest absolute Gasteiger partial charge is 1.00 e. The number of carboxylic acid groups (broad SMARTS) is 1. The molecule has 1 fully saturated rings. The number of alkyl halides is 1. The van der Waals surface area contributed by atoms with Crippen LogP contribution in [-0.2, 0) is 22.4 Å². The van der Waals surface area contributed by atoms with Gasteiger partial charge in [0.15, 0.2) is 0 Å². The SMILES string of the molecule is C1CCOC1.C=CCBr.C=CCc1c(F)ccc(Cl)c1Br.CC(C)[N-]C(C)C.Fc1ccc(Cl)c(Br)c1.O=C(O)Cc1c(F)ccc(Cl)c1Br.[Li+]. The van der Waals surface area contributed by atoms with E-state index in [0.717, 1.165) is 24.6 Å². The molecule has 0 radical (unpaired) electrons. The Bertz CT molecular complexity index is 1440. The minimum absolute atomic E-state index is 0. The van der Waals surface area contributed by atoms with Crippen LogP contribution < -0.4 is 18.9 Å². The van der Waals surface area contributed by atoms with Gasteiger partial charge in [-0.05, 0) is 110 Å². The number of allylic oxidation sites excluding steroid dienone is 2. The van der Waals surface area contributed by atoms with Gasteiger partial charge in [0, 0.05) is 43.1 Å². The van der Waals surface area contributed by atoms with E-state index in [-0.39, 0.29) is 42.5 Å². The Morgan fingerprint density at radius 3 is 1.59 bits per heavy atom. The average Bonchev–Trinajstić information content (AvgIpc) is 3.64. The van der Waals surface area contributed by atoms with Gasteiger partial charge in [0.25, 0.3) is 0 Å². The molecule has 0 saturated carbocycles. The molecule has 0 aliphatic carbocycles. The molecule has 4 rings (SSSR count). The number of rotatable bonds is 7. The summed E-state index contributed by atoms with van der Waals surface area (Å²) < 4.78 is 44.8. The van der Waals surface area contributed by atoms with Gasteiger partial charge in [-0.1, -0.05) is 90.6 Å². The zero-order chi connectivity index (χ0) is 38.8. The number of aliphatic carboxylic acids is 1. The van der Waals surface area contributed by atoms with Crippen molar-refractivity contribution < 1.29 is 46.7 Å². The molecule has 0 unspecified atom stereocenters. The number of halogens is 10. The summed E-state index contributed by atoms with van der Waals surface area (Å²) in [5.74, 6) is -2.21. The van der Waals surface area contributed by atoms with Crippen molar-refractivity contribution in [2.75, 3.05) is 18.5 Å². The van der Waals surface area contributed by atoms with Crippen LogP contribution in [-0.4, -0.2) is 41.7 Å². The number of carbonyl (C=O) groups is 1. The quantitative estimate of drug-likeness (QED) is 0.111. The topological polar surface area (TPSA) is 60.6 Å². The van der Waals surface area contributed by atoms with Crippen LogP contribution in [0, 0.1) is 17.5 Å². The molecular formula is C36H42Br4Cl3F3LiNO3. The van der Waals surface area contributed by atoms with Gasteiger partial charge in [-0.25, -0.2) is 13.2 Å². The Balaban J connectivity index is -0.000000563. The van der Waals surface area contributed by atoms with Gasteiger partial charge >= 0.3 is 24.8 Å². The van der Waals surface area contributed by atoms with Crippen LogP contribution >= 0.6 is 98.5 Å². The molecule has 15 heteroatoms. The molecule has 0 amide bonds. The molecule has 4 nitrogen and oxygen atoms in total. The van der Waals surface area contributed by atoms with E-state index < -0.39 is 11.8 Å². The number of benzene rings is 3. The first-order valence-corrected chi connectivity index (χ1v) is 19.7. The summed E-state index contributed by atoms with van der Waals surface area (Å²) in [5.41, 5.74) is 0.623. The first-order valence-electron chi connectivity index (χ1n) is 15.1. The van der Waals surface area contributed by atoms with E-state index in [4.69, 9.17) is 44.6 Å². The maximum Gasteiger partial charge on any atom is 1.00 e. The molecule has 3 aromatic carbocycles. The Morgan fingerprint density at radius 2 is 1.27 bits per heavy atom. The molecule has 0 bridgehead atoms. The third-order valence-corrected chi connectivity index (χ3v) is 9.94. The molecular weight excluding hydrogens is 984 g/mol. The van der Waals surface area contributed by atoms with Crippen molar-refractivity contribution in [3.63, 3.8) is 0 Å². The van der Waals surface area contributed by atoms with Gasteiger partial charge in [0.2, 0.25) is 0 Å². The van der Waals surface area contributed by atoms with Crippen LogP contribution in [0.1, 0.15) is 51.7 Å². The third-order valence-electron chi connectivity index (χ3n) is 5.37. The van der Waals surface area contributed by atoms with Crippen molar-refractivity contribution in [2.24, 2.45) is 0 Å². The number of ether oxygens (including phenoxy) is 1. The molecule has 0 atom stereocenters. The van der Waals surface area contributed by atoms with E-state index in [2.05, 4.69) is 110 Å². The van der Waals surface area contributed by atoms with E-state index in [1.807, 2.05) is 0 Å². The molecule has 0 aromatic heterocycles. The Labute approximate surface area is 362 Å². The second-order valence-corrected chi connectivity index (χ2v) is 14.7. The summed E-state index contributed by atoms with van der Waals surface area (Å²) in [6, 6.07) is 10.5. The van der Waals surface area contributed by atoms with Gasteiger partial charge in [-0.2, -0.15) is 0 Å². The van der Waals surface area contributed by atoms with Crippen LogP contribution in [0.15, 0.2) is 81.2 Å². The number of hydrogen-bond acceptors (Lipinski definition) is 2. The first kappa shape index (κ1) is 55.0. The van der Waals surface area contributed by atoms with Gasteiger partial charge in [0.05, 0.1) is 21.5 Å². The van der Waals surface area contributed by atoms with Gasteiger partial charge in [-0.3, -0.25) is 4.79 Å². The molecule has 1 saturated heterocycles. The second-order valence-electron chi connectivity index (χ2n) is 10.4. The second kappa shape index (κ2) is 33.1. The molecule has 280 valence electrons. The monoisotopic (exact) mass is 1020 g/mol. The van der Waals surface area contributed by atoms with Crippen LogP contribution in [0.25, 0.3) is 5.32 Å². The fourth-order valence-corrected chi connectivity index (χ4v) is 5.13. The number of nitrogens with zero attached hydrogens (tertiary/aromatic N) is 1. The minimum atomic E-state index is -1.10. The summed E-state index contributed by atoms with van der Waals surface area (Å²) in [6.45, 7) is 17.4. The van der Waals surface area contributed by atoms with E-state index in [1.165, 1.54) is 49.2 Å². The zero-order valence-electron chi connectivity index (χ0n) is 29.2. The Kier molecular flexibility index (Phi) is 35.7. The number of carboxylic acids is 1. The van der Waals surface area contributed by atoms with Crippen molar-refractivity contribution in [3.8, 4) is 0 Å². The summed E-state index contributed by atoms with van der Waals surface area (Å²) in [7, 11) is 0. The molecule has 0 spiro atoms. The van der Waals surface area contributed by atoms with E-state index in [1.54, 1.807) is 12.2 Å². The van der Waals surface area contributed by atoms with E-state index >= 15 is 0 Å². The summed E-state index contributed by atoms with van der Waals surface area (Å²) in [4.78, 5) is 10.4. The molecule has 1 N–H and O–H groups in total. The van der Waals surface area contributed by atoms with Crippen LogP contribution in [0.5, 0.6) is 0 Å². The number of hydrogen-bond donors (Lipinski definition) is 1. The smallest absolute Gasteiger partial charge is 0.658 e. The zero-order valence-corrected chi connectivity index (χ0v) is 37.8. The average molecular weight is 1030 g/mol. The molecule has 1 heterocycles. The van der Waals surface area contributed by atoms with Gasteiger partial charge in [0.1, 0.15) is 17.5 Å². The van der Waals surface area contributed by atoms with Gasteiger partial charge in [-0.15, -0.1) is 25.2 Å². The fraction of sp³-hybridized carbons (Fsp3) is 0.361. The van der Waals surface area contributed by atoms with Crippen molar-refractivity contribution in [1.29, 1.82) is 0 Å². The van der Waals surface area contributed by atoms with Crippen molar-refractivity contribution in [1.82, 2.24) is 0 Å². The van der Waals surface area contributed by atoms with Crippen LogP contribution in [0.4, 0.5) is 13.2 Å². The summed E-state index contributed by atoms with van der Waals surface area (Å²) >= 11 is 29.4. The minimum Gasteiger partial charge on any atom is -0.658 e. The molecule has 51 heavy (non-hydrogen) atoms. The van der Waals surface area contributed by atoms with Crippen molar-refractivity contribution >= 4 is 104 Å². The third kappa shape index (κ3) is 27.9. The van der Waals surface area contributed by atoms with Crippen molar-refractivity contribution in [3.05, 3.63) is 130 Å². The standard InChI is InChI=1S/C9H7BrClF.C8H5BrClFO2.C6H3BrClF.C6H14N.C4H8O.C3H5Br.Li/c1-2-3-6-8(12)5-4-7(11)9(6)10;9-8-4(3-7(12)13)6(11)2-1-5(8)10;7-5-3-4(9)1-2-6(5)8;1-5(2)7-6(3)4;1-2-4-5-3-1;1-2-3-4;/h2,4-5H,1,3H2;1-2H,3H2,(H,12,13);1-3H;5-6H,1-4H3;1-4H2;2H,1,3H2;/q;;;-1;;;+1.